The summed E-state index contributed by atoms with van der Waals surface area (Å²) in [6.45, 7) is 1.30. The molecule has 0 spiro atoms. The van der Waals surface area contributed by atoms with Crippen molar-refractivity contribution >= 4 is 11.8 Å². The predicted molar refractivity (Wildman–Crippen MR) is 82.5 cm³/mol. The molecule has 2 aromatic carbocycles. The summed E-state index contributed by atoms with van der Waals surface area (Å²) in [6.07, 6.45) is -0.416. The van der Waals surface area contributed by atoms with Gasteiger partial charge in [-0.1, -0.05) is 30.3 Å². The van der Waals surface area contributed by atoms with Crippen molar-refractivity contribution in [2.45, 2.75) is 6.61 Å². The summed E-state index contributed by atoms with van der Waals surface area (Å²) in [5.74, 6) is 1.34. The van der Waals surface area contributed by atoms with Crippen LogP contribution in [0.1, 0.15) is 5.56 Å². The molecule has 1 aliphatic heterocycles. The third-order valence-electron chi connectivity index (χ3n) is 3.39. The minimum atomic E-state index is -0.416. The number of fused-ring (bicyclic) bond motifs is 1. The summed E-state index contributed by atoms with van der Waals surface area (Å²) < 4.78 is 16.3. The molecule has 1 aliphatic rings. The number of hydrogen-bond acceptors (Lipinski definition) is 4. The first-order chi connectivity index (χ1) is 10.7. The molecule has 1 amide bonds. The summed E-state index contributed by atoms with van der Waals surface area (Å²) in [4.78, 5) is 13.6. The molecule has 0 saturated heterocycles. The van der Waals surface area contributed by atoms with Crippen LogP contribution in [0.5, 0.6) is 11.5 Å². The summed E-state index contributed by atoms with van der Waals surface area (Å²) in [5.41, 5.74) is 1.65. The van der Waals surface area contributed by atoms with Crippen LogP contribution in [0.2, 0.25) is 0 Å². The van der Waals surface area contributed by atoms with Crippen LogP contribution in [0.15, 0.2) is 48.5 Å². The first-order valence-electron chi connectivity index (χ1n) is 7.08. The maximum atomic E-state index is 12.1. The lowest BCUT2D eigenvalue weighted by Gasteiger charge is -2.22. The Labute approximate surface area is 129 Å². The second kappa shape index (κ2) is 6.39. The molecule has 114 valence electrons. The molecule has 0 aromatic heterocycles. The van der Waals surface area contributed by atoms with Crippen LogP contribution in [-0.4, -0.2) is 26.4 Å². The van der Waals surface area contributed by atoms with E-state index >= 15 is 0 Å². The Morgan fingerprint density at radius 1 is 1.09 bits per heavy atom. The Bertz CT molecular complexity index is 657. The van der Waals surface area contributed by atoms with Crippen LogP contribution < -0.4 is 14.4 Å². The summed E-state index contributed by atoms with van der Waals surface area (Å²) in [6, 6.07) is 14.9. The normalized spacial score (nSPS) is 12.6. The van der Waals surface area contributed by atoms with Gasteiger partial charge in [0.15, 0.2) is 11.5 Å². The minimum absolute atomic E-state index is 0.245. The zero-order valence-corrected chi connectivity index (χ0v) is 12.3. The van der Waals surface area contributed by atoms with Gasteiger partial charge in [-0.2, -0.15) is 0 Å². The average Bonchev–Trinajstić information content (AvgIpc) is 2.59. The first-order valence-corrected chi connectivity index (χ1v) is 7.08. The Hall–Kier alpha value is -2.69. The average molecular weight is 299 g/mol. The number of carbonyl (C=O) groups is 1. The van der Waals surface area contributed by atoms with Crippen LogP contribution in [0.4, 0.5) is 10.5 Å². The predicted octanol–water partition coefficient (Wildman–Crippen LogP) is 3.23. The highest BCUT2D eigenvalue weighted by Crippen LogP contribution is 2.33. The molecule has 0 fully saturated rings. The lowest BCUT2D eigenvalue weighted by atomic mass is 10.2. The van der Waals surface area contributed by atoms with Gasteiger partial charge in [-0.3, -0.25) is 4.90 Å². The van der Waals surface area contributed by atoms with Gasteiger partial charge in [0.25, 0.3) is 0 Å². The van der Waals surface area contributed by atoms with Gasteiger partial charge in [0.1, 0.15) is 19.8 Å². The number of ether oxygens (including phenoxy) is 3. The standard InChI is InChI=1S/C17H17NO4/c1-18(17(19)22-12-13-5-3-2-4-6-13)14-7-8-15-16(11-14)21-10-9-20-15/h2-8,11H,9-10,12H2,1H3. The van der Waals surface area contributed by atoms with Crippen LogP contribution in [0.3, 0.4) is 0 Å². The van der Waals surface area contributed by atoms with Crippen molar-refractivity contribution < 1.29 is 19.0 Å². The molecule has 0 N–H and O–H groups in total. The van der Waals surface area contributed by atoms with Gasteiger partial charge in [-0.05, 0) is 17.7 Å². The molecule has 2 aromatic rings. The lowest BCUT2D eigenvalue weighted by Crippen LogP contribution is -2.27. The smallest absolute Gasteiger partial charge is 0.414 e. The molecular weight excluding hydrogens is 282 g/mol. The zero-order valence-electron chi connectivity index (χ0n) is 12.3. The van der Waals surface area contributed by atoms with Gasteiger partial charge in [-0.25, -0.2) is 4.79 Å². The molecule has 0 bridgehead atoms. The van der Waals surface area contributed by atoms with Crippen molar-refractivity contribution in [3.8, 4) is 11.5 Å². The van der Waals surface area contributed by atoms with Crippen molar-refractivity contribution in [3.63, 3.8) is 0 Å². The largest absolute Gasteiger partial charge is 0.486 e. The first kappa shape index (κ1) is 14.3. The van der Waals surface area contributed by atoms with Crippen LogP contribution in [-0.2, 0) is 11.3 Å². The van der Waals surface area contributed by atoms with E-state index in [4.69, 9.17) is 14.2 Å². The number of rotatable bonds is 3. The second-order valence-electron chi connectivity index (χ2n) is 4.93. The monoisotopic (exact) mass is 299 g/mol. The lowest BCUT2D eigenvalue weighted by molar-refractivity contribution is 0.148. The number of anilines is 1. The quantitative estimate of drug-likeness (QED) is 0.873. The second-order valence-corrected chi connectivity index (χ2v) is 4.93. The molecule has 0 radical (unpaired) electrons. The van der Waals surface area contributed by atoms with Gasteiger partial charge in [-0.15, -0.1) is 0 Å². The van der Waals surface area contributed by atoms with E-state index in [9.17, 15) is 4.79 Å². The van der Waals surface area contributed by atoms with Crippen LogP contribution >= 0.6 is 0 Å². The molecule has 22 heavy (non-hydrogen) atoms. The highest BCUT2D eigenvalue weighted by Gasteiger charge is 2.17. The van der Waals surface area contributed by atoms with Gasteiger partial charge in [0.05, 0.1) is 5.69 Å². The number of hydrogen-bond donors (Lipinski definition) is 0. The third-order valence-corrected chi connectivity index (χ3v) is 3.39. The molecule has 1 heterocycles. The number of nitrogens with zero attached hydrogens (tertiary/aromatic N) is 1. The summed E-state index contributed by atoms with van der Waals surface area (Å²) >= 11 is 0. The van der Waals surface area contributed by atoms with Crippen molar-refractivity contribution in [2.24, 2.45) is 0 Å². The number of benzene rings is 2. The van der Waals surface area contributed by atoms with Crippen molar-refractivity contribution in [2.75, 3.05) is 25.2 Å². The summed E-state index contributed by atoms with van der Waals surface area (Å²) in [5, 5.41) is 0. The maximum absolute atomic E-state index is 12.1. The fourth-order valence-corrected chi connectivity index (χ4v) is 2.16. The molecule has 0 atom stereocenters. The van der Waals surface area contributed by atoms with E-state index in [1.54, 1.807) is 25.2 Å². The fraction of sp³-hybridized carbons (Fsp3) is 0.235. The maximum Gasteiger partial charge on any atom is 0.414 e. The third kappa shape index (κ3) is 3.14. The van der Waals surface area contributed by atoms with Gasteiger partial charge < -0.3 is 14.2 Å². The van der Waals surface area contributed by atoms with E-state index < -0.39 is 6.09 Å². The van der Waals surface area contributed by atoms with Crippen molar-refractivity contribution in [1.82, 2.24) is 0 Å². The van der Waals surface area contributed by atoms with E-state index in [1.165, 1.54) is 4.90 Å². The highest BCUT2D eigenvalue weighted by molar-refractivity contribution is 5.87. The van der Waals surface area contributed by atoms with Crippen LogP contribution in [0, 0.1) is 0 Å². The minimum Gasteiger partial charge on any atom is -0.486 e. The van der Waals surface area contributed by atoms with Crippen molar-refractivity contribution in [1.29, 1.82) is 0 Å². The van der Waals surface area contributed by atoms with Gasteiger partial charge in [0, 0.05) is 13.1 Å². The Morgan fingerprint density at radius 3 is 2.59 bits per heavy atom. The molecule has 0 unspecified atom stereocenters. The fourth-order valence-electron chi connectivity index (χ4n) is 2.16. The molecule has 0 aliphatic carbocycles. The SMILES string of the molecule is CN(C(=O)OCc1ccccc1)c1ccc2c(c1)OCCO2. The zero-order chi connectivity index (χ0) is 15.4. The Morgan fingerprint density at radius 2 is 1.82 bits per heavy atom. The van der Waals surface area contributed by atoms with E-state index in [0.29, 0.717) is 30.4 Å². The molecule has 3 rings (SSSR count). The van der Waals surface area contributed by atoms with E-state index in [0.717, 1.165) is 5.56 Å². The Kier molecular flexibility index (Phi) is 4.14. The molecule has 0 saturated carbocycles. The molecule has 5 heteroatoms. The van der Waals surface area contributed by atoms with Crippen LogP contribution in [0.25, 0.3) is 0 Å². The van der Waals surface area contributed by atoms with Gasteiger partial charge in [0.2, 0.25) is 0 Å². The molecule has 5 nitrogen and oxygen atoms in total. The Balaban J connectivity index is 1.65. The van der Waals surface area contributed by atoms with Gasteiger partial charge >= 0.3 is 6.09 Å². The number of carbonyl (C=O) groups excluding carboxylic acids is 1. The summed E-state index contributed by atoms with van der Waals surface area (Å²) in [7, 11) is 1.67. The highest BCUT2D eigenvalue weighted by atomic mass is 16.6. The van der Waals surface area contributed by atoms with E-state index in [2.05, 4.69) is 0 Å². The van der Waals surface area contributed by atoms with E-state index in [-0.39, 0.29) is 6.61 Å². The molecular formula is C17H17NO4. The van der Waals surface area contributed by atoms with E-state index in [1.807, 2.05) is 30.3 Å². The number of amides is 1. The topological polar surface area (TPSA) is 48.0 Å². The van der Waals surface area contributed by atoms with Crippen molar-refractivity contribution in [3.05, 3.63) is 54.1 Å².